The first-order valence-corrected chi connectivity index (χ1v) is 5.74. The van der Waals surface area contributed by atoms with Gasteiger partial charge in [0.25, 0.3) is 0 Å². The number of anilines is 1. The van der Waals surface area contributed by atoms with Crippen LogP contribution in [0.2, 0.25) is 0 Å². The van der Waals surface area contributed by atoms with Crippen LogP contribution in [0.3, 0.4) is 0 Å². The maximum atomic E-state index is 10.4. The summed E-state index contributed by atoms with van der Waals surface area (Å²) in [7, 11) is 1.94. The predicted octanol–water partition coefficient (Wildman–Crippen LogP) is 2.50. The predicted molar refractivity (Wildman–Crippen MR) is 71.4 cm³/mol. The van der Waals surface area contributed by atoms with E-state index in [0.29, 0.717) is 11.1 Å². The smallest absolute Gasteiger partial charge is 0.328 e. The summed E-state index contributed by atoms with van der Waals surface area (Å²) < 4.78 is 0. The third-order valence-corrected chi connectivity index (χ3v) is 2.53. The first-order chi connectivity index (χ1) is 8.58. The molecule has 1 aromatic rings. The summed E-state index contributed by atoms with van der Waals surface area (Å²) in [6, 6.07) is 7.49. The zero-order valence-electron chi connectivity index (χ0n) is 10.6. The summed E-state index contributed by atoms with van der Waals surface area (Å²) in [5.74, 6) is -0.999. The second-order valence-electron chi connectivity index (χ2n) is 3.98. The van der Waals surface area contributed by atoms with Crippen LogP contribution in [0.15, 0.2) is 24.3 Å². The van der Waals surface area contributed by atoms with Crippen molar-refractivity contribution in [1.82, 2.24) is 0 Å². The van der Waals surface area contributed by atoms with Gasteiger partial charge in [0.15, 0.2) is 0 Å². The van der Waals surface area contributed by atoms with Gasteiger partial charge in [0.05, 0.1) is 11.3 Å². The molecule has 1 rings (SSSR count). The highest BCUT2D eigenvalue weighted by Crippen LogP contribution is 2.21. The van der Waals surface area contributed by atoms with Gasteiger partial charge in [-0.2, -0.15) is 5.26 Å². The number of nitriles is 1. The minimum absolute atomic E-state index is 0.554. The molecule has 0 bridgehead atoms. The van der Waals surface area contributed by atoms with E-state index in [-0.39, 0.29) is 0 Å². The molecule has 1 aromatic carbocycles. The summed E-state index contributed by atoms with van der Waals surface area (Å²) in [6.45, 7) is 2.95. The monoisotopic (exact) mass is 244 g/mol. The van der Waals surface area contributed by atoms with Gasteiger partial charge >= 0.3 is 5.97 Å². The maximum Gasteiger partial charge on any atom is 0.328 e. The highest BCUT2D eigenvalue weighted by Gasteiger charge is 2.06. The third-order valence-electron chi connectivity index (χ3n) is 2.53. The summed E-state index contributed by atoms with van der Waals surface area (Å²) in [5.41, 5.74) is 2.13. The molecule has 0 spiro atoms. The molecule has 0 aromatic heterocycles. The number of aliphatic carboxylic acids is 1. The Balaban J connectivity index is 3.04. The lowest BCUT2D eigenvalue weighted by Gasteiger charge is -2.19. The lowest BCUT2D eigenvalue weighted by molar-refractivity contribution is -0.131. The Hall–Kier alpha value is -2.28. The van der Waals surface area contributed by atoms with Crippen LogP contribution in [-0.2, 0) is 4.79 Å². The molecule has 0 heterocycles. The van der Waals surface area contributed by atoms with Crippen LogP contribution in [-0.4, -0.2) is 24.7 Å². The number of rotatable bonds is 5. The largest absolute Gasteiger partial charge is 0.478 e. The van der Waals surface area contributed by atoms with Crippen LogP contribution in [0.4, 0.5) is 5.69 Å². The number of carboxylic acids is 1. The van der Waals surface area contributed by atoms with Gasteiger partial charge in [0, 0.05) is 19.7 Å². The fourth-order valence-corrected chi connectivity index (χ4v) is 1.70. The van der Waals surface area contributed by atoms with E-state index in [2.05, 4.69) is 13.0 Å². The summed E-state index contributed by atoms with van der Waals surface area (Å²) in [5, 5.41) is 17.7. The second-order valence-corrected chi connectivity index (χ2v) is 3.98. The normalized spacial score (nSPS) is 10.3. The molecule has 0 aliphatic carbocycles. The highest BCUT2D eigenvalue weighted by atomic mass is 16.4. The molecule has 4 heteroatoms. The summed E-state index contributed by atoms with van der Waals surface area (Å²) >= 11 is 0. The topological polar surface area (TPSA) is 64.3 Å². The van der Waals surface area contributed by atoms with E-state index in [1.54, 1.807) is 6.07 Å². The Kier molecular flexibility index (Phi) is 4.94. The van der Waals surface area contributed by atoms with Gasteiger partial charge in [0.2, 0.25) is 0 Å². The average Bonchev–Trinajstić information content (AvgIpc) is 2.36. The van der Waals surface area contributed by atoms with E-state index in [1.807, 2.05) is 24.1 Å². The Morgan fingerprint density at radius 1 is 1.56 bits per heavy atom. The summed E-state index contributed by atoms with van der Waals surface area (Å²) in [6.07, 6.45) is 3.54. The number of hydrogen-bond donors (Lipinski definition) is 1. The van der Waals surface area contributed by atoms with Crippen molar-refractivity contribution < 1.29 is 9.90 Å². The van der Waals surface area contributed by atoms with E-state index < -0.39 is 5.97 Å². The first-order valence-electron chi connectivity index (χ1n) is 5.74. The van der Waals surface area contributed by atoms with Crippen LogP contribution >= 0.6 is 0 Å². The minimum atomic E-state index is -0.999. The highest BCUT2D eigenvalue weighted by molar-refractivity contribution is 5.85. The van der Waals surface area contributed by atoms with Crippen LogP contribution in [0.5, 0.6) is 0 Å². The standard InChI is InChI=1S/C14H16N2O2/c1-3-8-16(2)13-6-4-11(5-7-14(17)18)9-12(13)10-15/h4-7,9H,3,8H2,1-2H3,(H,17,18)/b7-5+. The Morgan fingerprint density at radius 2 is 2.28 bits per heavy atom. The van der Waals surface area contributed by atoms with Crippen molar-refractivity contribution in [1.29, 1.82) is 5.26 Å². The van der Waals surface area contributed by atoms with Crippen molar-refractivity contribution in [3.63, 3.8) is 0 Å². The molecule has 0 saturated carbocycles. The quantitative estimate of drug-likeness (QED) is 0.808. The number of carbonyl (C=O) groups is 1. The zero-order chi connectivity index (χ0) is 13.5. The van der Waals surface area contributed by atoms with Gasteiger partial charge in [0.1, 0.15) is 6.07 Å². The molecular weight excluding hydrogens is 228 g/mol. The van der Waals surface area contributed by atoms with Gasteiger partial charge in [-0.05, 0) is 30.2 Å². The van der Waals surface area contributed by atoms with Crippen molar-refractivity contribution in [2.45, 2.75) is 13.3 Å². The molecule has 0 aliphatic heterocycles. The third kappa shape index (κ3) is 3.63. The molecular formula is C14H16N2O2. The molecule has 94 valence electrons. The molecule has 0 unspecified atom stereocenters. The van der Waals surface area contributed by atoms with E-state index in [1.165, 1.54) is 6.08 Å². The summed E-state index contributed by atoms with van der Waals surface area (Å²) in [4.78, 5) is 12.4. The van der Waals surface area contributed by atoms with Crippen LogP contribution in [0.1, 0.15) is 24.5 Å². The number of carboxylic acid groups (broad SMARTS) is 1. The zero-order valence-corrected chi connectivity index (χ0v) is 10.6. The van der Waals surface area contributed by atoms with E-state index >= 15 is 0 Å². The molecule has 0 atom stereocenters. The maximum absolute atomic E-state index is 10.4. The minimum Gasteiger partial charge on any atom is -0.478 e. The van der Waals surface area contributed by atoms with Crippen LogP contribution in [0.25, 0.3) is 6.08 Å². The number of benzene rings is 1. The van der Waals surface area contributed by atoms with Crippen molar-refractivity contribution in [2.24, 2.45) is 0 Å². The lowest BCUT2D eigenvalue weighted by atomic mass is 10.1. The van der Waals surface area contributed by atoms with E-state index in [0.717, 1.165) is 24.7 Å². The van der Waals surface area contributed by atoms with E-state index in [9.17, 15) is 4.79 Å². The Morgan fingerprint density at radius 3 is 2.83 bits per heavy atom. The first kappa shape index (κ1) is 13.8. The molecule has 18 heavy (non-hydrogen) atoms. The van der Waals surface area contributed by atoms with Gasteiger partial charge in [-0.25, -0.2) is 4.79 Å². The molecule has 0 aliphatic rings. The molecule has 1 N–H and O–H groups in total. The fourth-order valence-electron chi connectivity index (χ4n) is 1.70. The van der Waals surface area contributed by atoms with Gasteiger partial charge < -0.3 is 10.0 Å². The Bertz CT molecular complexity index is 501. The molecule has 0 saturated heterocycles. The molecule has 4 nitrogen and oxygen atoms in total. The van der Waals surface area contributed by atoms with Crippen molar-refractivity contribution in [3.8, 4) is 6.07 Å². The molecule has 0 radical (unpaired) electrons. The Labute approximate surface area is 107 Å². The second kappa shape index (κ2) is 6.45. The average molecular weight is 244 g/mol. The number of nitrogens with zero attached hydrogens (tertiary/aromatic N) is 2. The SMILES string of the molecule is CCCN(C)c1ccc(/C=C/C(=O)O)cc1C#N. The van der Waals surface area contributed by atoms with Crippen molar-refractivity contribution in [2.75, 3.05) is 18.5 Å². The fraction of sp³-hybridized carbons (Fsp3) is 0.286. The number of hydrogen-bond acceptors (Lipinski definition) is 3. The van der Waals surface area contributed by atoms with Crippen molar-refractivity contribution >= 4 is 17.7 Å². The molecule has 0 fully saturated rings. The lowest BCUT2D eigenvalue weighted by Crippen LogP contribution is -2.18. The van der Waals surface area contributed by atoms with Gasteiger partial charge in [-0.3, -0.25) is 0 Å². The van der Waals surface area contributed by atoms with E-state index in [4.69, 9.17) is 10.4 Å². The molecule has 0 amide bonds. The van der Waals surface area contributed by atoms with Crippen LogP contribution in [0, 0.1) is 11.3 Å². The van der Waals surface area contributed by atoms with Crippen molar-refractivity contribution in [3.05, 3.63) is 35.4 Å². The van der Waals surface area contributed by atoms with Gasteiger partial charge in [-0.1, -0.05) is 13.0 Å². The van der Waals surface area contributed by atoms with Gasteiger partial charge in [-0.15, -0.1) is 0 Å². The van der Waals surface area contributed by atoms with Crippen LogP contribution < -0.4 is 4.90 Å².